The first-order chi connectivity index (χ1) is 9.22. The van der Waals surface area contributed by atoms with Gasteiger partial charge in [-0.05, 0) is 62.8 Å². The van der Waals surface area contributed by atoms with Crippen LogP contribution in [0.3, 0.4) is 0 Å². The van der Waals surface area contributed by atoms with Gasteiger partial charge in [-0.2, -0.15) is 0 Å². The van der Waals surface area contributed by atoms with Gasteiger partial charge in [0.1, 0.15) is 5.75 Å². The van der Waals surface area contributed by atoms with Crippen molar-refractivity contribution in [2.24, 2.45) is 11.7 Å². The third-order valence-corrected chi connectivity index (χ3v) is 4.11. The SMILES string of the molecule is NC1CCC(C(=O)c2ccc(OC3CC3)cc2)CC1. The maximum Gasteiger partial charge on any atom is 0.165 e. The third-order valence-electron chi connectivity index (χ3n) is 4.11. The molecule has 1 aromatic carbocycles. The Morgan fingerprint density at radius 3 is 2.21 bits per heavy atom. The van der Waals surface area contributed by atoms with Crippen LogP contribution in [0.4, 0.5) is 0 Å². The Kier molecular flexibility index (Phi) is 3.56. The largest absolute Gasteiger partial charge is 0.490 e. The van der Waals surface area contributed by atoms with Crippen LogP contribution in [0.5, 0.6) is 5.75 Å². The van der Waals surface area contributed by atoms with Crippen molar-refractivity contribution in [2.75, 3.05) is 0 Å². The quantitative estimate of drug-likeness (QED) is 0.846. The lowest BCUT2D eigenvalue weighted by Crippen LogP contribution is -2.29. The Balaban J connectivity index is 1.62. The van der Waals surface area contributed by atoms with Crippen LogP contribution in [0.2, 0.25) is 0 Å². The molecule has 0 unspecified atom stereocenters. The van der Waals surface area contributed by atoms with E-state index in [1.807, 2.05) is 24.3 Å². The van der Waals surface area contributed by atoms with Gasteiger partial charge in [-0.25, -0.2) is 0 Å². The summed E-state index contributed by atoms with van der Waals surface area (Å²) in [4.78, 5) is 12.4. The van der Waals surface area contributed by atoms with Crippen molar-refractivity contribution in [1.82, 2.24) is 0 Å². The van der Waals surface area contributed by atoms with E-state index in [0.29, 0.717) is 12.1 Å². The molecule has 0 saturated heterocycles. The molecular formula is C16H21NO2. The van der Waals surface area contributed by atoms with Crippen LogP contribution in [0.25, 0.3) is 0 Å². The molecule has 2 aliphatic rings. The second-order valence-corrected chi connectivity index (χ2v) is 5.82. The summed E-state index contributed by atoms with van der Waals surface area (Å²) in [5.74, 6) is 1.31. The number of carbonyl (C=O) groups is 1. The summed E-state index contributed by atoms with van der Waals surface area (Å²) in [5.41, 5.74) is 6.69. The fourth-order valence-corrected chi connectivity index (χ4v) is 2.69. The number of rotatable bonds is 4. The minimum absolute atomic E-state index is 0.162. The average molecular weight is 259 g/mol. The van der Waals surface area contributed by atoms with Gasteiger partial charge in [-0.1, -0.05) is 0 Å². The fourth-order valence-electron chi connectivity index (χ4n) is 2.69. The Morgan fingerprint density at radius 2 is 1.63 bits per heavy atom. The van der Waals surface area contributed by atoms with E-state index >= 15 is 0 Å². The average Bonchev–Trinajstić information content (AvgIpc) is 3.24. The normalized spacial score (nSPS) is 27.0. The molecule has 3 heteroatoms. The zero-order valence-corrected chi connectivity index (χ0v) is 11.2. The van der Waals surface area contributed by atoms with E-state index in [1.54, 1.807) is 0 Å². The first kappa shape index (κ1) is 12.7. The lowest BCUT2D eigenvalue weighted by molar-refractivity contribution is 0.0884. The van der Waals surface area contributed by atoms with Crippen molar-refractivity contribution in [3.63, 3.8) is 0 Å². The number of ketones is 1. The zero-order chi connectivity index (χ0) is 13.2. The van der Waals surface area contributed by atoms with E-state index in [4.69, 9.17) is 10.5 Å². The van der Waals surface area contributed by atoms with Crippen LogP contribution in [-0.4, -0.2) is 17.9 Å². The summed E-state index contributed by atoms with van der Waals surface area (Å²) in [7, 11) is 0. The highest BCUT2D eigenvalue weighted by Gasteiger charge is 2.26. The molecular weight excluding hydrogens is 238 g/mol. The Morgan fingerprint density at radius 1 is 1.00 bits per heavy atom. The predicted molar refractivity (Wildman–Crippen MR) is 74.4 cm³/mol. The smallest absolute Gasteiger partial charge is 0.165 e. The second kappa shape index (κ2) is 5.33. The van der Waals surface area contributed by atoms with Crippen molar-refractivity contribution < 1.29 is 9.53 Å². The van der Waals surface area contributed by atoms with Crippen molar-refractivity contribution >= 4 is 5.78 Å². The highest BCUT2D eigenvalue weighted by Crippen LogP contribution is 2.29. The first-order valence-corrected chi connectivity index (χ1v) is 7.29. The van der Waals surface area contributed by atoms with Crippen LogP contribution in [0.15, 0.2) is 24.3 Å². The van der Waals surface area contributed by atoms with E-state index in [2.05, 4.69) is 0 Å². The molecule has 3 nitrogen and oxygen atoms in total. The van der Waals surface area contributed by atoms with Crippen molar-refractivity contribution in [2.45, 2.75) is 50.7 Å². The van der Waals surface area contributed by atoms with Gasteiger partial charge in [0, 0.05) is 17.5 Å². The van der Waals surface area contributed by atoms with Crippen LogP contribution in [-0.2, 0) is 0 Å². The van der Waals surface area contributed by atoms with Gasteiger partial charge in [0.25, 0.3) is 0 Å². The molecule has 2 fully saturated rings. The number of carbonyl (C=O) groups excluding carboxylic acids is 1. The molecule has 2 saturated carbocycles. The van der Waals surface area contributed by atoms with Crippen molar-refractivity contribution in [3.8, 4) is 5.75 Å². The van der Waals surface area contributed by atoms with Gasteiger partial charge in [-0.3, -0.25) is 4.79 Å². The highest BCUT2D eigenvalue weighted by atomic mass is 16.5. The Labute approximate surface area is 114 Å². The minimum Gasteiger partial charge on any atom is -0.490 e. The van der Waals surface area contributed by atoms with Gasteiger partial charge < -0.3 is 10.5 Å². The molecule has 0 heterocycles. The topological polar surface area (TPSA) is 52.3 Å². The minimum atomic E-state index is 0.162. The second-order valence-electron chi connectivity index (χ2n) is 5.82. The number of nitrogens with two attached hydrogens (primary N) is 1. The fraction of sp³-hybridized carbons (Fsp3) is 0.562. The van der Waals surface area contributed by atoms with Crippen LogP contribution < -0.4 is 10.5 Å². The van der Waals surface area contributed by atoms with E-state index in [0.717, 1.165) is 49.8 Å². The van der Waals surface area contributed by atoms with Gasteiger partial charge in [0.2, 0.25) is 0 Å². The molecule has 0 atom stereocenters. The van der Waals surface area contributed by atoms with Crippen LogP contribution >= 0.6 is 0 Å². The summed E-state index contributed by atoms with van der Waals surface area (Å²) in [6.45, 7) is 0. The Bertz CT molecular complexity index is 442. The van der Waals surface area contributed by atoms with Gasteiger partial charge in [-0.15, -0.1) is 0 Å². The molecule has 0 amide bonds. The van der Waals surface area contributed by atoms with E-state index in [9.17, 15) is 4.79 Å². The summed E-state index contributed by atoms with van der Waals surface area (Å²) < 4.78 is 5.69. The summed E-state index contributed by atoms with van der Waals surface area (Å²) >= 11 is 0. The number of ether oxygens (including phenoxy) is 1. The lowest BCUT2D eigenvalue weighted by Gasteiger charge is -2.25. The van der Waals surface area contributed by atoms with E-state index < -0.39 is 0 Å². The summed E-state index contributed by atoms with van der Waals surface area (Å²) in [6.07, 6.45) is 6.52. The molecule has 102 valence electrons. The Hall–Kier alpha value is -1.35. The molecule has 1 aromatic rings. The zero-order valence-electron chi connectivity index (χ0n) is 11.2. The standard InChI is InChI=1S/C16H21NO2/c17-13-5-1-11(2-6-13)16(18)12-3-7-14(8-4-12)19-15-9-10-15/h3-4,7-8,11,13,15H,1-2,5-6,9-10,17H2. The van der Waals surface area contributed by atoms with Crippen LogP contribution in [0, 0.1) is 5.92 Å². The first-order valence-electron chi connectivity index (χ1n) is 7.29. The van der Waals surface area contributed by atoms with Gasteiger partial charge in [0.05, 0.1) is 6.10 Å². The maximum atomic E-state index is 12.4. The third kappa shape index (κ3) is 3.16. The molecule has 0 bridgehead atoms. The van der Waals surface area contributed by atoms with Crippen molar-refractivity contribution in [1.29, 1.82) is 0 Å². The van der Waals surface area contributed by atoms with E-state index in [-0.39, 0.29) is 11.7 Å². The molecule has 0 spiro atoms. The summed E-state index contributed by atoms with van der Waals surface area (Å²) in [6, 6.07) is 7.92. The number of hydrogen-bond acceptors (Lipinski definition) is 3. The molecule has 0 aromatic heterocycles. The molecule has 0 aliphatic heterocycles. The number of Topliss-reactive ketones (excluding diaryl/α,β-unsaturated/α-hetero) is 1. The van der Waals surface area contributed by atoms with Gasteiger partial charge in [0.15, 0.2) is 5.78 Å². The maximum absolute atomic E-state index is 12.4. The number of hydrogen-bond donors (Lipinski definition) is 1. The number of benzene rings is 1. The molecule has 2 aliphatic carbocycles. The molecule has 2 N–H and O–H groups in total. The highest BCUT2D eigenvalue weighted by molar-refractivity contribution is 5.98. The molecule has 19 heavy (non-hydrogen) atoms. The predicted octanol–water partition coefficient (Wildman–Crippen LogP) is 2.93. The van der Waals surface area contributed by atoms with Gasteiger partial charge >= 0.3 is 0 Å². The lowest BCUT2D eigenvalue weighted by atomic mass is 9.82. The van der Waals surface area contributed by atoms with E-state index in [1.165, 1.54) is 0 Å². The molecule has 3 rings (SSSR count). The van der Waals surface area contributed by atoms with Crippen LogP contribution in [0.1, 0.15) is 48.9 Å². The summed E-state index contributed by atoms with van der Waals surface area (Å²) in [5, 5.41) is 0. The van der Waals surface area contributed by atoms with Crippen molar-refractivity contribution in [3.05, 3.63) is 29.8 Å². The molecule has 0 radical (unpaired) electrons. The monoisotopic (exact) mass is 259 g/mol.